The maximum absolute atomic E-state index is 13.6. The fraction of sp³-hybridized carbons (Fsp3) is 0.320. The second-order valence-corrected chi connectivity index (χ2v) is 14.4. The Hall–Kier alpha value is -2.17. The molecule has 7 nitrogen and oxygen atoms in total. The lowest BCUT2D eigenvalue weighted by molar-refractivity contribution is -0.124. The number of allylic oxidation sites excluding steroid dienone is 2. The molecule has 2 N–H and O–H groups in total. The van der Waals surface area contributed by atoms with Crippen molar-refractivity contribution in [2.75, 3.05) is 12.9 Å². The summed E-state index contributed by atoms with van der Waals surface area (Å²) in [5.41, 5.74) is 1.54. The molecule has 0 bridgehead atoms. The van der Waals surface area contributed by atoms with Gasteiger partial charge in [0.25, 0.3) is 0 Å². The van der Waals surface area contributed by atoms with Gasteiger partial charge in [-0.15, -0.1) is 0 Å². The molecule has 1 amide bonds. The number of rotatable bonds is 8. The van der Waals surface area contributed by atoms with Crippen LogP contribution in [0.15, 0.2) is 75.6 Å². The number of amides is 1. The zero-order valence-corrected chi connectivity index (χ0v) is 22.5. The van der Waals surface area contributed by atoms with Crippen LogP contribution in [0.4, 0.5) is 0 Å². The van der Waals surface area contributed by atoms with Crippen molar-refractivity contribution in [2.24, 2.45) is 0 Å². The minimum absolute atomic E-state index is 0.0588. The average Bonchev–Trinajstić information content (AvgIpc) is 3.66. The van der Waals surface area contributed by atoms with E-state index in [9.17, 15) is 26.7 Å². The highest BCUT2D eigenvalue weighted by Gasteiger charge is 2.54. The molecule has 11 heteroatoms. The Morgan fingerprint density at radius 2 is 1.67 bits per heavy atom. The van der Waals surface area contributed by atoms with Crippen LogP contribution in [0, 0.1) is 0 Å². The van der Waals surface area contributed by atoms with Gasteiger partial charge in [-0.05, 0) is 42.2 Å². The molecule has 36 heavy (non-hydrogen) atoms. The van der Waals surface area contributed by atoms with Gasteiger partial charge in [0, 0.05) is 28.3 Å². The zero-order valence-electron chi connectivity index (χ0n) is 19.3. The van der Waals surface area contributed by atoms with E-state index in [1.165, 1.54) is 30.3 Å². The predicted octanol–water partition coefficient (Wildman–Crippen LogP) is 3.73. The Labute approximate surface area is 220 Å². The number of nitrogens with one attached hydrogen (secondary N) is 1. The van der Waals surface area contributed by atoms with E-state index < -0.39 is 48.2 Å². The molecule has 0 saturated heterocycles. The molecule has 0 aromatic heterocycles. The number of aliphatic hydroxyl groups is 1. The Bertz CT molecular complexity index is 1450. The molecule has 2 unspecified atom stereocenters. The van der Waals surface area contributed by atoms with E-state index in [4.69, 9.17) is 23.2 Å². The van der Waals surface area contributed by atoms with Gasteiger partial charge in [0.1, 0.15) is 0 Å². The van der Waals surface area contributed by atoms with E-state index in [1.54, 1.807) is 12.1 Å². The minimum Gasteiger partial charge on any atom is -0.395 e. The van der Waals surface area contributed by atoms with Gasteiger partial charge < -0.3 is 10.4 Å². The summed E-state index contributed by atoms with van der Waals surface area (Å²) in [7, 11) is -7.39. The molecular formula is C25H25Cl2NO6S2. The van der Waals surface area contributed by atoms with Gasteiger partial charge in [0.05, 0.1) is 22.7 Å². The van der Waals surface area contributed by atoms with Gasteiger partial charge in [-0.1, -0.05) is 65.7 Å². The Balaban J connectivity index is 1.71. The van der Waals surface area contributed by atoms with Gasteiger partial charge in [-0.2, -0.15) is 0 Å². The van der Waals surface area contributed by atoms with Crippen molar-refractivity contribution in [3.05, 3.63) is 81.9 Å². The lowest BCUT2D eigenvalue weighted by Gasteiger charge is -2.36. The highest BCUT2D eigenvalue weighted by Crippen LogP contribution is 2.47. The summed E-state index contributed by atoms with van der Waals surface area (Å²) >= 11 is 13.2. The zero-order chi connectivity index (χ0) is 26.3. The highest BCUT2D eigenvalue weighted by atomic mass is 35.5. The molecule has 2 aliphatic rings. The monoisotopic (exact) mass is 569 g/mol. The molecular weight excluding hydrogens is 545 g/mol. The van der Waals surface area contributed by atoms with Crippen LogP contribution >= 0.6 is 23.2 Å². The molecule has 0 radical (unpaired) electrons. The SMILES string of the molecule is CS(=O)(=O)c1ccc(C(CO)C(=O)NC2(S(=O)(=O)C3CC3)C=C(Cl)C(c3ccccc3)=C(Cl)C2)cc1. The fourth-order valence-electron chi connectivity index (χ4n) is 4.27. The number of sulfone groups is 2. The highest BCUT2D eigenvalue weighted by molar-refractivity contribution is 7.93. The first-order valence-corrected chi connectivity index (χ1v) is 15.4. The number of carbonyl (C=O) groups excluding carboxylic acids is 1. The summed E-state index contributed by atoms with van der Waals surface area (Å²) < 4.78 is 50.8. The van der Waals surface area contributed by atoms with E-state index in [0.29, 0.717) is 29.5 Å². The van der Waals surface area contributed by atoms with Crippen LogP contribution in [0.3, 0.4) is 0 Å². The number of aliphatic hydroxyl groups excluding tert-OH is 1. The number of hydrogen-bond acceptors (Lipinski definition) is 6. The number of carbonyl (C=O) groups is 1. The molecule has 0 spiro atoms. The Morgan fingerprint density at radius 1 is 1.06 bits per heavy atom. The summed E-state index contributed by atoms with van der Waals surface area (Å²) in [5, 5.41) is 12.3. The van der Waals surface area contributed by atoms with E-state index in [1.807, 2.05) is 18.2 Å². The van der Waals surface area contributed by atoms with Crippen molar-refractivity contribution in [3.63, 3.8) is 0 Å². The van der Waals surface area contributed by atoms with E-state index in [-0.39, 0.29) is 21.4 Å². The van der Waals surface area contributed by atoms with Crippen LogP contribution in [0.25, 0.3) is 5.57 Å². The van der Waals surface area contributed by atoms with Gasteiger partial charge >= 0.3 is 0 Å². The lowest BCUT2D eigenvalue weighted by atomic mass is 9.94. The van der Waals surface area contributed by atoms with Crippen molar-refractivity contribution >= 4 is 54.4 Å². The maximum Gasteiger partial charge on any atom is 0.231 e. The molecule has 2 aromatic rings. The fourth-order valence-corrected chi connectivity index (χ4v) is 8.14. The summed E-state index contributed by atoms with van der Waals surface area (Å²) in [6.07, 6.45) is 3.11. The van der Waals surface area contributed by atoms with E-state index in [0.717, 1.165) is 6.26 Å². The first-order valence-electron chi connectivity index (χ1n) is 11.2. The normalized spacial score (nSPS) is 21.6. The molecule has 2 aliphatic carbocycles. The van der Waals surface area contributed by atoms with Crippen LogP contribution in [0.1, 0.15) is 36.3 Å². The predicted molar refractivity (Wildman–Crippen MR) is 140 cm³/mol. The number of hydrogen-bond donors (Lipinski definition) is 2. The van der Waals surface area contributed by atoms with Crippen LogP contribution in [-0.4, -0.2) is 50.8 Å². The average molecular weight is 571 g/mol. The lowest BCUT2D eigenvalue weighted by Crippen LogP contribution is -2.56. The second-order valence-electron chi connectivity index (χ2n) is 9.01. The Morgan fingerprint density at radius 3 is 2.17 bits per heavy atom. The summed E-state index contributed by atoms with van der Waals surface area (Å²) in [5.74, 6) is -1.89. The van der Waals surface area contributed by atoms with Crippen molar-refractivity contribution in [1.82, 2.24) is 5.32 Å². The third-order valence-electron chi connectivity index (χ3n) is 6.37. The quantitative estimate of drug-likeness (QED) is 0.500. The standard InChI is InChI=1S/C25H25Cl2NO6S2/c1-35(31,32)18-9-7-16(8-10-18)20(15-29)24(30)28-25(36(33,34)19-11-12-19)13-21(26)23(22(27)14-25)17-5-3-2-4-6-17/h2-10,13,19-20,29H,11-12,14-15H2,1H3,(H,28,30). The largest absolute Gasteiger partial charge is 0.395 e. The second kappa shape index (κ2) is 9.95. The maximum atomic E-state index is 13.6. The number of benzene rings is 2. The first-order chi connectivity index (χ1) is 16.9. The van der Waals surface area contributed by atoms with Crippen molar-refractivity contribution in [1.29, 1.82) is 0 Å². The Kier molecular flexibility index (Phi) is 7.43. The van der Waals surface area contributed by atoms with Crippen LogP contribution in [0.2, 0.25) is 0 Å². The smallest absolute Gasteiger partial charge is 0.231 e. The minimum atomic E-state index is -3.94. The van der Waals surface area contributed by atoms with Gasteiger partial charge in [0.2, 0.25) is 5.91 Å². The molecule has 2 atom stereocenters. The number of halogens is 2. The third kappa shape index (κ3) is 5.13. The van der Waals surface area contributed by atoms with Crippen molar-refractivity contribution in [2.45, 2.75) is 40.2 Å². The van der Waals surface area contributed by atoms with Crippen LogP contribution in [0.5, 0.6) is 0 Å². The third-order valence-corrected chi connectivity index (χ3v) is 10.8. The summed E-state index contributed by atoms with van der Waals surface area (Å²) in [6, 6.07) is 14.6. The van der Waals surface area contributed by atoms with E-state index >= 15 is 0 Å². The molecule has 1 saturated carbocycles. The van der Waals surface area contributed by atoms with Gasteiger partial charge in [-0.25, -0.2) is 16.8 Å². The topological polar surface area (TPSA) is 118 Å². The summed E-state index contributed by atoms with van der Waals surface area (Å²) in [6.45, 7) is -0.625. The van der Waals surface area contributed by atoms with Crippen LogP contribution in [-0.2, 0) is 24.5 Å². The van der Waals surface area contributed by atoms with Gasteiger partial charge in [0.15, 0.2) is 24.5 Å². The molecule has 2 aromatic carbocycles. The van der Waals surface area contributed by atoms with Crippen molar-refractivity contribution < 1.29 is 26.7 Å². The first kappa shape index (κ1) is 26.9. The van der Waals surface area contributed by atoms with Crippen molar-refractivity contribution in [3.8, 4) is 0 Å². The molecule has 0 aliphatic heterocycles. The molecule has 0 heterocycles. The molecule has 192 valence electrons. The molecule has 4 rings (SSSR count). The van der Waals surface area contributed by atoms with E-state index in [2.05, 4.69) is 5.32 Å². The molecule has 1 fully saturated rings. The van der Waals surface area contributed by atoms with Gasteiger partial charge in [-0.3, -0.25) is 4.79 Å². The summed E-state index contributed by atoms with van der Waals surface area (Å²) in [4.78, 5) is 11.6. The van der Waals surface area contributed by atoms with Crippen LogP contribution < -0.4 is 5.32 Å².